The number of nitrogens with one attached hydrogen (secondary N) is 1. The van der Waals surface area contributed by atoms with E-state index in [2.05, 4.69) is 10.2 Å². The summed E-state index contributed by atoms with van der Waals surface area (Å²) in [6.45, 7) is 4.72. The predicted octanol–water partition coefficient (Wildman–Crippen LogP) is 3.07. The van der Waals surface area contributed by atoms with Crippen molar-refractivity contribution in [1.82, 2.24) is 4.90 Å². The van der Waals surface area contributed by atoms with Crippen molar-refractivity contribution in [2.75, 3.05) is 29.9 Å². The minimum Gasteiger partial charge on any atom is -0.370 e. The molecular formula is C25H30N4O3. The highest BCUT2D eigenvalue weighted by molar-refractivity contribution is 6.01. The number of piperidine rings is 1. The molecule has 0 saturated carbocycles. The van der Waals surface area contributed by atoms with Crippen LogP contribution >= 0.6 is 0 Å². The van der Waals surface area contributed by atoms with Gasteiger partial charge in [-0.1, -0.05) is 29.8 Å². The van der Waals surface area contributed by atoms with Gasteiger partial charge in [-0.05, 0) is 49.9 Å². The maximum absolute atomic E-state index is 13.1. The predicted molar refractivity (Wildman–Crippen MR) is 124 cm³/mol. The second kappa shape index (κ2) is 9.42. The van der Waals surface area contributed by atoms with Gasteiger partial charge in [-0.3, -0.25) is 14.4 Å². The molecule has 3 N–H and O–H groups in total. The molecule has 0 aromatic heterocycles. The van der Waals surface area contributed by atoms with Crippen LogP contribution in [0.15, 0.2) is 42.5 Å². The molecule has 2 aromatic carbocycles. The molecule has 0 bridgehead atoms. The quantitative estimate of drug-likeness (QED) is 0.730. The molecule has 2 aliphatic heterocycles. The summed E-state index contributed by atoms with van der Waals surface area (Å²) in [7, 11) is 0. The largest absolute Gasteiger partial charge is 0.370 e. The highest BCUT2D eigenvalue weighted by Gasteiger charge is 2.34. The van der Waals surface area contributed by atoms with E-state index in [-0.39, 0.29) is 18.2 Å². The summed E-state index contributed by atoms with van der Waals surface area (Å²) < 4.78 is 0. The molecule has 1 unspecified atom stereocenters. The van der Waals surface area contributed by atoms with E-state index in [1.807, 2.05) is 37.3 Å². The molecule has 168 valence electrons. The molecule has 2 fully saturated rings. The molecule has 0 spiro atoms. The van der Waals surface area contributed by atoms with Gasteiger partial charge in [0.15, 0.2) is 0 Å². The van der Waals surface area contributed by atoms with Crippen molar-refractivity contribution in [2.24, 2.45) is 11.7 Å². The first-order valence-corrected chi connectivity index (χ1v) is 11.2. The fraction of sp³-hybridized carbons (Fsp3) is 0.400. The number of nitrogens with two attached hydrogens (primary N) is 1. The lowest BCUT2D eigenvalue weighted by Crippen LogP contribution is -2.32. The van der Waals surface area contributed by atoms with Gasteiger partial charge in [0, 0.05) is 38.2 Å². The normalized spacial score (nSPS) is 18.7. The Morgan fingerprint density at radius 1 is 1.06 bits per heavy atom. The standard InChI is InChI=1S/C25H30N4O3/c1-17-5-7-18(8-6-17)15-29-16-20(14-23(29)30)25(32)27-21-13-19(24(26)31)9-10-22(21)28-11-3-2-4-12-28/h5-10,13,20H,2-4,11-12,14-16H2,1H3,(H2,26,31)(H,27,32). The number of rotatable bonds is 6. The Morgan fingerprint density at radius 3 is 2.47 bits per heavy atom. The van der Waals surface area contributed by atoms with Crippen LogP contribution in [0.3, 0.4) is 0 Å². The molecular weight excluding hydrogens is 404 g/mol. The van der Waals surface area contributed by atoms with E-state index in [4.69, 9.17) is 5.73 Å². The summed E-state index contributed by atoms with van der Waals surface area (Å²) in [6, 6.07) is 13.3. The van der Waals surface area contributed by atoms with Crippen LogP contribution in [0.4, 0.5) is 11.4 Å². The molecule has 7 nitrogen and oxygen atoms in total. The van der Waals surface area contributed by atoms with Crippen LogP contribution < -0.4 is 16.0 Å². The highest BCUT2D eigenvalue weighted by Crippen LogP contribution is 2.31. The Bertz CT molecular complexity index is 1010. The first-order valence-electron chi connectivity index (χ1n) is 11.2. The fourth-order valence-electron chi connectivity index (χ4n) is 4.45. The van der Waals surface area contributed by atoms with Crippen molar-refractivity contribution >= 4 is 29.1 Å². The van der Waals surface area contributed by atoms with Crippen molar-refractivity contribution in [1.29, 1.82) is 0 Å². The molecule has 1 atom stereocenters. The summed E-state index contributed by atoms with van der Waals surface area (Å²) in [5.41, 5.74) is 9.51. The third-order valence-corrected chi connectivity index (χ3v) is 6.32. The number of amides is 3. The topological polar surface area (TPSA) is 95.7 Å². The first kappa shape index (κ1) is 21.9. The van der Waals surface area contributed by atoms with E-state index in [0.29, 0.717) is 24.3 Å². The zero-order valence-electron chi connectivity index (χ0n) is 18.5. The Morgan fingerprint density at radius 2 is 1.78 bits per heavy atom. The summed E-state index contributed by atoms with van der Waals surface area (Å²) in [6.07, 6.45) is 3.57. The van der Waals surface area contributed by atoms with E-state index < -0.39 is 11.8 Å². The molecule has 2 aliphatic rings. The van der Waals surface area contributed by atoms with Gasteiger partial charge < -0.3 is 20.9 Å². The van der Waals surface area contributed by atoms with Crippen molar-refractivity contribution in [3.63, 3.8) is 0 Å². The zero-order chi connectivity index (χ0) is 22.7. The highest BCUT2D eigenvalue weighted by atomic mass is 16.2. The Labute approximate surface area is 188 Å². The summed E-state index contributed by atoms with van der Waals surface area (Å²) >= 11 is 0. The van der Waals surface area contributed by atoms with Gasteiger partial charge in [0.2, 0.25) is 17.7 Å². The molecule has 2 saturated heterocycles. The van der Waals surface area contributed by atoms with Crippen molar-refractivity contribution in [3.05, 3.63) is 59.2 Å². The van der Waals surface area contributed by atoms with E-state index in [1.165, 1.54) is 12.0 Å². The minimum absolute atomic E-state index is 0.0205. The summed E-state index contributed by atoms with van der Waals surface area (Å²) in [5, 5.41) is 2.99. The van der Waals surface area contributed by atoms with Crippen LogP contribution in [0, 0.1) is 12.8 Å². The second-order valence-corrected chi connectivity index (χ2v) is 8.79. The smallest absolute Gasteiger partial charge is 0.248 e. The van der Waals surface area contributed by atoms with Crippen LogP contribution in [0.25, 0.3) is 0 Å². The third-order valence-electron chi connectivity index (χ3n) is 6.32. The number of benzene rings is 2. The lowest BCUT2D eigenvalue weighted by atomic mass is 10.1. The van der Waals surface area contributed by atoms with Gasteiger partial charge in [-0.25, -0.2) is 0 Å². The molecule has 32 heavy (non-hydrogen) atoms. The van der Waals surface area contributed by atoms with Gasteiger partial charge in [0.1, 0.15) is 0 Å². The molecule has 7 heteroatoms. The zero-order valence-corrected chi connectivity index (χ0v) is 18.5. The SMILES string of the molecule is Cc1ccc(CN2CC(C(=O)Nc3cc(C(N)=O)ccc3N3CCCCC3)CC2=O)cc1. The van der Waals surface area contributed by atoms with Gasteiger partial charge >= 0.3 is 0 Å². The average Bonchev–Trinajstić information content (AvgIpc) is 3.16. The lowest BCUT2D eigenvalue weighted by molar-refractivity contribution is -0.128. The van der Waals surface area contributed by atoms with Crippen molar-refractivity contribution in [3.8, 4) is 0 Å². The summed E-state index contributed by atoms with van der Waals surface area (Å²) in [5.74, 6) is -1.19. The van der Waals surface area contributed by atoms with Crippen LogP contribution in [0.1, 0.15) is 47.2 Å². The number of likely N-dealkylation sites (tertiary alicyclic amines) is 1. The maximum atomic E-state index is 13.1. The minimum atomic E-state index is -0.536. The van der Waals surface area contributed by atoms with Crippen LogP contribution in [0.2, 0.25) is 0 Å². The van der Waals surface area contributed by atoms with Crippen LogP contribution in [0.5, 0.6) is 0 Å². The maximum Gasteiger partial charge on any atom is 0.248 e. The molecule has 2 heterocycles. The number of nitrogens with zero attached hydrogens (tertiary/aromatic N) is 2. The van der Waals surface area contributed by atoms with Gasteiger partial charge in [-0.2, -0.15) is 0 Å². The van der Waals surface area contributed by atoms with Gasteiger partial charge in [0.05, 0.1) is 17.3 Å². The van der Waals surface area contributed by atoms with E-state index >= 15 is 0 Å². The van der Waals surface area contributed by atoms with E-state index in [1.54, 1.807) is 17.0 Å². The molecule has 2 aromatic rings. The van der Waals surface area contributed by atoms with Crippen molar-refractivity contribution in [2.45, 2.75) is 39.2 Å². The van der Waals surface area contributed by atoms with Gasteiger partial charge in [0.25, 0.3) is 0 Å². The number of carbonyl (C=O) groups excluding carboxylic acids is 3. The van der Waals surface area contributed by atoms with Gasteiger partial charge in [-0.15, -0.1) is 0 Å². The van der Waals surface area contributed by atoms with Crippen LogP contribution in [-0.4, -0.2) is 42.3 Å². The Balaban J connectivity index is 1.48. The summed E-state index contributed by atoms with van der Waals surface area (Å²) in [4.78, 5) is 41.3. The molecule has 3 amide bonds. The number of carbonyl (C=O) groups is 3. The number of hydrogen-bond acceptors (Lipinski definition) is 4. The third kappa shape index (κ3) is 4.93. The number of aryl methyl sites for hydroxylation is 1. The molecule has 4 rings (SSSR count). The Hall–Kier alpha value is -3.35. The second-order valence-electron chi connectivity index (χ2n) is 8.79. The van der Waals surface area contributed by atoms with Crippen LogP contribution in [-0.2, 0) is 16.1 Å². The van der Waals surface area contributed by atoms with E-state index in [9.17, 15) is 14.4 Å². The lowest BCUT2D eigenvalue weighted by Gasteiger charge is -2.31. The number of hydrogen-bond donors (Lipinski definition) is 2. The number of anilines is 2. The number of primary amides is 1. The molecule has 0 radical (unpaired) electrons. The Kier molecular flexibility index (Phi) is 6.44. The van der Waals surface area contributed by atoms with Crippen molar-refractivity contribution < 1.29 is 14.4 Å². The molecule has 0 aliphatic carbocycles. The fourth-order valence-corrected chi connectivity index (χ4v) is 4.45. The average molecular weight is 435 g/mol. The monoisotopic (exact) mass is 434 g/mol. The van der Waals surface area contributed by atoms with E-state index in [0.717, 1.165) is 37.2 Å². The first-order chi connectivity index (χ1) is 15.4.